The minimum atomic E-state index is 0.107. The molecule has 0 aliphatic carbocycles. The smallest absolute Gasteiger partial charge is 0.226 e. The first-order valence-electron chi connectivity index (χ1n) is 7.41. The van der Waals surface area contributed by atoms with E-state index in [9.17, 15) is 4.79 Å². The highest BCUT2D eigenvalue weighted by Gasteiger charge is 2.07. The zero-order chi connectivity index (χ0) is 15.1. The van der Waals surface area contributed by atoms with Crippen LogP contribution >= 0.6 is 0 Å². The molecule has 0 saturated carbocycles. The third-order valence-corrected chi connectivity index (χ3v) is 3.22. The van der Waals surface area contributed by atoms with Crippen molar-refractivity contribution < 1.29 is 9.21 Å². The number of nitrogens with zero attached hydrogens (tertiary/aromatic N) is 1. The van der Waals surface area contributed by atoms with Crippen molar-refractivity contribution in [3.8, 4) is 11.5 Å². The predicted octanol–water partition coefficient (Wildman–Crippen LogP) is 3.44. The van der Waals surface area contributed by atoms with E-state index in [-0.39, 0.29) is 5.91 Å². The SMILES string of the molecule is CC(C)CCC(=O)NCCc1coc(-c2ccccc2)n1. The molecule has 1 heterocycles. The molecule has 1 amide bonds. The van der Waals surface area contributed by atoms with Crippen LogP contribution in [0.1, 0.15) is 32.4 Å². The second kappa shape index (κ2) is 7.62. The van der Waals surface area contributed by atoms with Crippen molar-refractivity contribution in [2.45, 2.75) is 33.1 Å². The second-order valence-corrected chi connectivity index (χ2v) is 5.54. The maximum absolute atomic E-state index is 11.6. The summed E-state index contributed by atoms with van der Waals surface area (Å²) in [5.74, 6) is 1.28. The van der Waals surface area contributed by atoms with Gasteiger partial charge in [-0.1, -0.05) is 32.0 Å². The van der Waals surface area contributed by atoms with Gasteiger partial charge in [0.1, 0.15) is 6.26 Å². The Labute approximate surface area is 125 Å². The molecule has 0 aliphatic rings. The summed E-state index contributed by atoms with van der Waals surface area (Å²) in [7, 11) is 0. The van der Waals surface area contributed by atoms with Crippen LogP contribution in [0.5, 0.6) is 0 Å². The van der Waals surface area contributed by atoms with Crippen molar-refractivity contribution in [3.05, 3.63) is 42.3 Å². The van der Waals surface area contributed by atoms with Crippen molar-refractivity contribution in [3.63, 3.8) is 0 Å². The van der Waals surface area contributed by atoms with E-state index < -0.39 is 0 Å². The molecule has 1 aromatic heterocycles. The number of carbonyl (C=O) groups is 1. The quantitative estimate of drug-likeness (QED) is 0.848. The fourth-order valence-corrected chi connectivity index (χ4v) is 1.97. The zero-order valence-electron chi connectivity index (χ0n) is 12.6. The average Bonchev–Trinajstić information content (AvgIpc) is 2.95. The van der Waals surface area contributed by atoms with Gasteiger partial charge < -0.3 is 9.73 Å². The van der Waals surface area contributed by atoms with Gasteiger partial charge in [0.2, 0.25) is 11.8 Å². The fraction of sp³-hybridized carbons (Fsp3) is 0.412. The van der Waals surface area contributed by atoms with E-state index in [2.05, 4.69) is 24.1 Å². The number of benzene rings is 1. The molecule has 0 aliphatic heterocycles. The summed E-state index contributed by atoms with van der Waals surface area (Å²) in [6.07, 6.45) is 3.85. The second-order valence-electron chi connectivity index (χ2n) is 5.54. The Morgan fingerprint density at radius 1 is 1.29 bits per heavy atom. The van der Waals surface area contributed by atoms with Gasteiger partial charge in [-0.05, 0) is 24.5 Å². The Bertz CT molecular complexity index is 561. The summed E-state index contributed by atoms with van der Waals surface area (Å²) in [4.78, 5) is 16.0. The number of oxazole rings is 1. The van der Waals surface area contributed by atoms with E-state index in [1.54, 1.807) is 6.26 Å². The Hall–Kier alpha value is -2.10. The molecule has 0 atom stereocenters. The summed E-state index contributed by atoms with van der Waals surface area (Å²) in [5, 5.41) is 2.91. The highest BCUT2D eigenvalue weighted by molar-refractivity contribution is 5.75. The summed E-state index contributed by atoms with van der Waals surface area (Å²) < 4.78 is 5.46. The number of carbonyl (C=O) groups excluding carboxylic acids is 1. The zero-order valence-corrected chi connectivity index (χ0v) is 12.6. The van der Waals surface area contributed by atoms with Crippen LogP contribution in [0.25, 0.3) is 11.5 Å². The molecule has 0 fully saturated rings. The molecule has 2 rings (SSSR count). The maximum atomic E-state index is 11.6. The van der Waals surface area contributed by atoms with E-state index >= 15 is 0 Å². The van der Waals surface area contributed by atoms with E-state index in [0.29, 0.717) is 31.2 Å². The lowest BCUT2D eigenvalue weighted by Crippen LogP contribution is -2.25. The first-order chi connectivity index (χ1) is 10.1. The van der Waals surface area contributed by atoms with Crippen molar-refractivity contribution >= 4 is 5.91 Å². The molecule has 0 bridgehead atoms. The van der Waals surface area contributed by atoms with Gasteiger partial charge in [0.15, 0.2) is 0 Å². The van der Waals surface area contributed by atoms with Crippen LogP contribution < -0.4 is 5.32 Å². The summed E-state index contributed by atoms with van der Waals surface area (Å²) >= 11 is 0. The highest BCUT2D eigenvalue weighted by Crippen LogP contribution is 2.17. The first-order valence-corrected chi connectivity index (χ1v) is 7.41. The molecule has 0 unspecified atom stereocenters. The normalized spacial score (nSPS) is 10.8. The van der Waals surface area contributed by atoms with Crippen molar-refractivity contribution in [2.24, 2.45) is 5.92 Å². The van der Waals surface area contributed by atoms with Gasteiger partial charge in [0.05, 0.1) is 5.69 Å². The molecule has 1 aromatic carbocycles. The summed E-state index contributed by atoms with van der Waals surface area (Å²) in [6.45, 7) is 4.83. The van der Waals surface area contributed by atoms with Gasteiger partial charge in [-0.3, -0.25) is 4.79 Å². The van der Waals surface area contributed by atoms with Crippen molar-refractivity contribution in [1.82, 2.24) is 10.3 Å². The van der Waals surface area contributed by atoms with Gasteiger partial charge in [-0.2, -0.15) is 0 Å². The van der Waals surface area contributed by atoms with Gasteiger partial charge >= 0.3 is 0 Å². The summed E-state index contributed by atoms with van der Waals surface area (Å²) in [6, 6.07) is 9.79. The van der Waals surface area contributed by atoms with Gasteiger partial charge in [0, 0.05) is 24.9 Å². The topological polar surface area (TPSA) is 55.1 Å². The Morgan fingerprint density at radius 3 is 2.76 bits per heavy atom. The van der Waals surface area contributed by atoms with Crippen molar-refractivity contribution in [1.29, 1.82) is 0 Å². The van der Waals surface area contributed by atoms with E-state index in [1.165, 1.54) is 0 Å². The van der Waals surface area contributed by atoms with E-state index in [0.717, 1.165) is 17.7 Å². The average molecular weight is 286 g/mol. The molecule has 112 valence electrons. The third-order valence-electron chi connectivity index (χ3n) is 3.22. The number of rotatable bonds is 7. The number of aromatic nitrogens is 1. The fourth-order valence-electron chi connectivity index (χ4n) is 1.97. The standard InChI is InChI=1S/C17H22N2O2/c1-13(2)8-9-16(20)18-11-10-15-12-21-17(19-15)14-6-4-3-5-7-14/h3-7,12-13H,8-11H2,1-2H3,(H,18,20). The third kappa shape index (κ3) is 5.06. The highest BCUT2D eigenvalue weighted by atomic mass is 16.3. The minimum absolute atomic E-state index is 0.107. The largest absolute Gasteiger partial charge is 0.444 e. The number of hydrogen-bond donors (Lipinski definition) is 1. The lowest BCUT2D eigenvalue weighted by atomic mass is 10.1. The van der Waals surface area contributed by atoms with Crippen LogP contribution in [0.3, 0.4) is 0 Å². The number of hydrogen-bond acceptors (Lipinski definition) is 3. The van der Waals surface area contributed by atoms with Crippen molar-refractivity contribution in [2.75, 3.05) is 6.54 Å². The minimum Gasteiger partial charge on any atom is -0.444 e. The van der Waals surface area contributed by atoms with Crippen LogP contribution in [0, 0.1) is 5.92 Å². The molecular formula is C17H22N2O2. The molecule has 2 aromatic rings. The molecule has 4 nitrogen and oxygen atoms in total. The number of nitrogens with one attached hydrogen (secondary N) is 1. The number of amides is 1. The van der Waals surface area contributed by atoms with Gasteiger partial charge in [0.25, 0.3) is 0 Å². The molecule has 1 N–H and O–H groups in total. The Balaban J connectivity index is 1.77. The Morgan fingerprint density at radius 2 is 2.05 bits per heavy atom. The predicted molar refractivity (Wildman–Crippen MR) is 82.7 cm³/mol. The maximum Gasteiger partial charge on any atom is 0.226 e. The molecule has 0 spiro atoms. The summed E-state index contributed by atoms with van der Waals surface area (Å²) in [5.41, 5.74) is 1.82. The Kier molecular flexibility index (Phi) is 5.55. The lowest BCUT2D eigenvalue weighted by Gasteiger charge is -2.05. The first kappa shape index (κ1) is 15.3. The van der Waals surface area contributed by atoms with Crippen LogP contribution in [-0.4, -0.2) is 17.4 Å². The lowest BCUT2D eigenvalue weighted by molar-refractivity contribution is -0.121. The molecule has 0 radical (unpaired) electrons. The molecular weight excluding hydrogens is 264 g/mol. The van der Waals surface area contributed by atoms with Crippen LogP contribution in [0.2, 0.25) is 0 Å². The molecule has 0 saturated heterocycles. The monoisotopic (exact) mass is 286 g/mol. The van der Waals surface area contributed by atoms with Crippen LogP contribution in [0.15, 0.2) is 41.0 Å². The van der Waals surface area contributed by atoms with Gasteiger partial charge in [-0.15, -0.1) is 0 Å². The van der Waals surface area contributed by atoms with E-state index in [4.69, 9.17) is 4.42 Å². The molecule has 4 heteroatoms. The van der Waals surface area contributed by atoms with E-state index in [1.807, 2.05) is 30.3 Å². The van der Waals surface area contributed by atoms with Crippen LogP contribution in [-0.2, 0) is 11.2 Å². The van der Waals surface area contributed by atoms with Gasteiger partial charge in [-0.25, -0.2) is 4.98 Å². The molecule has 21 heavy (non-hydrogen) atoms. The van der Waals surface area contributed by atoms with Crippen LogP contribution in [0.4, 0.5) is 0 Å².